The first-order chi connectivity index (χ1) is 16.2. The Morgan fingerprint density at radius 1 is 0.667 bits per heavy atom. The van der Waals surface area contributed by atoms with Crippen LogP contribution in [0.5, 0.6) is 0 Å². The molecule has 1 nitrogen and oxygen atoms in total. The number of nitrogens with zero attached hydrogens (tertiary/aromatic N) is 1. The van der Waals surface area contributed by atoms with Crippen molar-refractivity contribution in [1.29, 1.82) is 0 Å². The highest BCUT2D eigenvalue weighted by atomic mass is 79.9. The van der Waals surface area contributed by atoms with Crippen LogP contribution < -0.4 is 0 Å². The molecule has 0 bridgehead atoms. The minimum Gasteiger partial charge on any atom is -0.246 e. The summed E-state index contributed by atoms with van der Waals surface area (Å²) in [7, 11) is 0. The zero-order valence-electron chi connectivity index (χ0n) is 18.0. The highest BCUT2D eigenvalue weighted by Crippen LogP contribution is 2.43. The number of rotatable bonds is 3. The van der Waals surface area contributed by atoms with Gasteiger partial charge in [-0.05, 0) is 53.4 Å². The second kappa shape index (κ2) is 8.26. The summed E-state index contributed by atoms with van der Waals surface area (Å²) in [6.07, 6.45) is 0. The molecule has 0 spiro atoms. The monoisotopic (exact) mass is 505 g/mol. The third kappa shape index (κ3) is 3.58. The SMILES string of the molecule is Cc1c(-c2cccc(-c3cccc(Br)c3)c2)nc2c(sc3ccccc32)c1-c1ccccc1. The second-order valence-electron chi connectivity index (χ2n) is 8.19. The Hall–Kier alpha value is -3.27. The Morgan fingerprint density at radius 2 is 1.33 bits per heavy atom. The smallest absolute Gasteiger partial charge is 0.0902 e. The predicted molar refractivity (Wildman–Crippen MR) is 146 cm³/mol. The predicted octanol–water partition coefficient (Wildman–Crippen LogP) is 9.52. The molecule has 0 amide bonds. The minimum absolute atomic E-state index is 1.04. The standard InChI is InChI=1S/C30H20BrNS/c1-19-27(20-9-3-2-4-10-20)30-29(25-15-5-6-16-26(25)33-30)32-28(19)23-13-7-11-21(17-23)22-12-8-14-24(31)18-22/h2-18H,1H3. The van der Waals surface area contributed by atoms with Crippen molar-refractivity contribution >= 4 is 47.6 Å². The number of fused-ring (bicyclic) bond motifs is 3. The molecule has 0 unspecified atom stereocenters. The van der Waals surface area contributed by atoms with Crippen molar-refractivity contribution in [3.8, 4) is 33.5 Å². The Morgan fingerprint density at radius 3 is 2.15 bits per heavy atom. The van der Waals surface area contributed by atoms with Crippen molar-refractivity contribution in [2.24, 2.45) is 0 Å². The quantitative estimate of drug-likeness (QED) is 0.233. The first-order valence-corrected chi connectivity index (χ1v) is 12.5. The fourth-order valence-corrected chi connectivity index (χ4v) is 6.21. The number of pyridine rings is 1. The van der Waals surface area contributed by atoms with Gasteiger partial charge in [-0.3, -0.25) is 0 Å². The molecule has 0 N–H and O–H groups in total. The Bertz CT molecular complexity index is 1630. The van der Waals surface area contributed by atoms with Crippen LogP contribution in [-0.2, 0) is 0 Å². The summed E-state index contributed by atoms with van der Waals surface area (Å²) < 4.78 is 3.61. The number of aromatic nitrogens is 1. The molecule has 0 saturated carbocycles. The lowest BCUT2D eigenvalue weighted by Gasteiger charge is -2.14. The van der Waals surface area contributed by atoms with E-state index < -0.39 is 0 Å². The molecule has 3 heteroatoms. The van der Waals surface area contributed by atoms with Crippen molar-refractivity contribution in [2.75, 3.05) is 0 Å². The van der Waals surface area contributed by atoms with E-state index in [9.17, 15) is 0 Å². The fraction of sp³-hybridized carbons (Fsp3) is 0.0333. The lowest BCUT2D eigenvalue weighted by Crippen LogP contribution is -1.94. The molecular weight excluding hydrogens is 486 g/mol. The summed E-state index contributed by atoms with van der Waals surface area (Å²) >= 11 is 5.44. The summed E-state index contributed by atoms with van der Waals surface area (Å²) in [5.41, 5.74) is 9.37. The maximum atomic E-state index is 5.27. The molecule has 0 radical (unpaired) electrons. The van der Waals surface area contributed by atoms with Gasteiger partial charge < -0.3 is 0 Å². The van der Waals surface area contributed by atoms with E-state index in [2.05, 4.69) is 126 Å². The summed E-state index contributed by atoms with van der Waals surface area (Å²) in [5, 5.41) is 1.22. The van der Waals surface area contributed by atoms with Crippen molar-refractivity contribution in [1.82, 2.24) is 4.98 Å². The molecule has 0 aliphatic carbocycles. The molecule has 0 atom stereocenters. The molecule has 0 aliphatic rings. The maximum Gasteiger partial charge on any atom is 0.0902 e. The minimum atomic E-state index is 1.04. The molecule has 4 aromatic carbocycles. The molecule has 0 fully saturated rings. The van der Waals surface area contributed by atoms with E-state index in [1.807, 2.05) is 11.3 Å². The van der Waals surface area contributed by atoms with E-state index in [-0.39, 0.29) is 0 Å². The fourth-order valence-electron chi connectivity index (χ4n) is 4.54. The van der Waals surface area contributed by atoms with Gasteiger partial charge in [0.05, 0.1) is 15.9 Å². The largest absolute Gasteiger partial charge is 0.246 e. The van der Waals surface area contributed by atoms with Crippen molar-refractivity contribution in [3.05, 3.63) is 113 Å². The average molecular weight is 506 g/mol. The number of hydrogen-bond donors (Lipinski definition) is 0. The topological polar surface area (TPSA) is 12.9 Å². The van der Waals surface area contributed by atoms with Crippen LogP contribution in [0.3, 0.4) is 0 Å². The van der Waals surface area contributed by atoms with E-state index in [0.717, 1.165) is 21.2 Å². The zero-order valence-corrected chi connectivity index (χ0v) is 20.5. The van der Waals surface area contributed by atoms with E-state index in [1.54, 1.807) is 0 Å². The van der Waals surface area contributed by atoms with Gasteiger partial charge in [0.1, 0.15) is 0 Å². The summed E-state index contributed by atoms with van der Waals surface area (Å²) in [5.74, 6) is 0. The zero-order chi connectivity index (χ0) is 22.4. The molecule has 158 valence electrons. The number of halogens is 1. The van der Waals surface area contributed by atoms with Crippen LogP contribution in [-0.4, -0.2) is 4.98 Å². The lowest BCUT2D eigenvalue weighted by molar-refractivity contribution is 1.34. The van der Waals surface area contributed by atoms with Gasteiger partial charge in [-0.15, -0.1) is 11.3 Å². The molecule has 0 aliphatic heterocycles. The van der Waals surface area contributed by atoms with Crippen LogP contribution in [0.2, 0.25) is 0 Å². The Kier molecular flexibility index (Phi) is 5.09. The number of hydrogen-bond acceptors (Lipinski definition) is 2. The van der Waals surface area contributed by atoms with E-state index in [0.29, 0.717) is 0 Å². The van der Waals surface area contributed by atoms with Gasteiger partial charge in [-0.25, -0.2) is 4.98 Å². The van der Waals surface area contributed by atoms with Gasteiger partial charge in [-0.1, -0.05) is 94.8 Å². The first kappa shape index (κ1) is 20.3. The highest BCUT2D eigenvalue weighted by Gasteiger charge is 2.19. The second-order valence-corrected chi connectivity index (χ2v) is 10.2. The summed E-state index contributed by atoms with van der Waals surface area (Å²) in [4.78, 5) is 5.27. The lowest BCUT2D eigenvalue weighted by atomic mass is 9.94. The van der Waals surface area contributed by atoms with Crippen LogP contribution in [0.4, 0.5) is 0 Å². The van der Waals surface area contributed by atoms with Crippen molar-refractivity contribution in [3.63, 3.8) is 0 Å². The normalized spacial score (nSPS) is 11.3. The van der Waals surface area contributed by atoms with Gasteiger partial charge >= 0.3 is 0 Å². The van der Waals surface area contributed by atoms with Crippen molar-refractivity contribution < 1.29 is 0 Å². The molecule has 2 heterocycles. The van der Waals surface area contributed by atoms with Gasteiger partial charge in [-0.2, -0.15) is 0 Å². The summed E-state index contributed by atoms with van der Waals surface area (Å²) in [6.45, 7) is 2.21. The highest BCUT2D eigenvalue weighted by molar-refractivity contribution is 9.10. The van der Waals surface area contributed by atoms with Crippen LogP contribution in [0.25, 0.3) is 53.8 Å². The van der Waals surface area contributed by atoms with E-state index >= 15 is 0 Å². The average Bonchev–Trinajstić information content (AvgIpc) is 3.22. The molecule has 6 rings (SSSR count). The molecule has 2 aromatic heterocycles. The van der Waals surface area contributed by atoms with E-state index in [4.69, 9.17) is 4.98 Å². The molecule has 0 saturated heterocycles. The number of thiophene rings is 1. The molecule has 33 heavy (non-hydrogen) atoms. The van der Waals surface area contributed by atoms with Crippen molar-refractivity contribution in [2.45, 2.75) is 6.92 Å². The molecular formula is C30H20BrNS. The van der Waals surface area contributed by atoms with Gasteiger partial charge in [0.15, 0.2) is 0 Å². The van der Waals surface area contributed by atoms with Crippen LogP contribution in [0.15, 0.2) is 108 Å². The summed E-state index contributed by atoms with van der Waals surface area (Å²) in [6, 6.07) is 36.5. The van der Waals surface area contributed by atoms with Gasteiger partial charge in [0, 0.05) is 25.7 Å². The molecule has 6 aromatic rings. The van der Waals surface area contributed by atoms with Gasteiger partial charge in [0.2, 0.25) is 0 Å². The van der Waals surface area contributed by atoms with Crippen LogP contribution in [0, 0.1) is 6.92 Å². The number of benzene rings is 4. The maximum absolute atomic E-state index is 5.27. The first-order valence-electron chi connectivity index (χ1n) is 10.9. The van der Waals surface area contributed by atoms with Crippen LogP contribution in [0.1, 0.15) is 5.56 Å². The third-order valence-corrected chi connectivity index (χ3v) is 7.78. The Labute approximate surface area is 205 Å². The van der Waals surface area contributed by atoms with Gasteiger partial charge in [0.25, 0.3) is 0 Å². The third-order valence-electron chi connectivity index (χ3n) is 6.11. The van der Waals surface area contributed by atoms with E-state index in [1.165, 1.54) is 42.6 Å². The van der Waals surface area contributed by atoms with Crippen LogP contribution >= 0.6 is 27.3 Å². The Balaban J connectivity index is 1.65.